The minimum absolute atomic E-state index is 0.282. The molecule has 0 atom stereocenters. The van der Waals surface area contributed by atoms with E-state index in [1.165, 1.54) is 65.7 Å². The molecule has 0 saturated heterocycles. The zero-order chi connectivity index (χ0) is 37.1. The molecule has 1 aliphatic heterocycles. The van der Waals surface area contributed by atoms with Crippen LogP contribution in [0.15, 0.2) is 158 Å². The largest absolute Gasteiger partial charge is 0.278 e. The lowest BCUT2D eigenvalue weighted by Crippen LogP contribution is -2.34. The SMILES string of the molecule is CC1(C)c2cc3c4ccccc4c4ccccc4c3cc2-c2ccc3c(c21)C(C)(C)c1ccccc1N3c1nc(-c2ccccc2)nc(-c2ccccc2)n1. The summed E-state index contributed by atoms with van der Waals surface area (Å²) in [5.74, 6) is 1.90. The average Bonchev–Trinajstić information content (AvgIpc) is 3.45. The molecule has 55 heavy (non-hydrogen) atoms. The van der Waals surface area contributed by atoms with Crippen molar-refractivity contribution in [2.24, 2.45) is 0 Å². The van der Waals surface area contributed by atoms with E-state index in [0.717, 1.165) is 22.5 Å². The summed E-state index contributed by atoms with van der Waals surface area (Å²) in [7, 11) is 0. The summed E-state index contributed by atoms with van der Waals surface area (Å²) in [6, 6.07) is 56.6. The smallest absolute Gasteiger partial charge is 0.238 e. The number of para-hydroxylation sites is 1. The standard InChI is InChI=1S/C51H38N4/c1-50(2)41-25-15-16-26-43(41)55(49-53-47(31-17-7-5-8-18-31)52-48(54-49)32-19-9-6-10-20-32)44-28-27-37-40-29-38-35-23-13-11-21-33(35)34-22-12-14-24-36(34)39(38)30-42(40)51(3,4)45(37)46(44)50/h5-30H,1-4H3. The van der Waals surface area contributed by atoms with Crippen molar-refractivity contribution in [1.82, 2.24) is 15.0 Å². The quantitative estimate of drug-likeness (QED) is 0.172. The molecule has 2 aliphatic rings. The molecule has 9 aromatic rings. The highest BCUT2D eigenvalue weighted by Gasteiger charge is 2.46. The number of aromatic nitrogens is 3. The predicted molar refractivity (Wildman–Crippen MR) is 228 cm³/mol. The third-order valence-corrected chi connectivity index (χ3v) is 12.2. The summed E-state index contributed by atoms with van der Waals surface area (Å²) < 4.78 is 0. The topological polar surface area (TPSA) is 41.9 Å². The Bertz CT molecular complexity index is 2980. The van der Waals surface area contributed by atoms with Crippen LogP contribution in [0, 0.1) is 0 Å². The van der Waals surface area contributed by atoms with Crippen LogP contribution in [0.3, 0.4) is 0 Å². The number of anilines is 3. The van der Waals surface area contributed by atoms with Crippen LogP contribution in [0.2, 0.25) is 0 Å². The molecular formula is C51H38N4. The zero-order valence-electron chi connectivity index (χ0n) is 31.3. The third-order valence-electron chi connectivity index (χ3n) is 12.2. The molecule has 2 heterocycles. The molecule has 0 spiro atoms. The van der Waals surface area contributed by atoms with E-state index in [-0.39, 0.29) is 10.8 Å². The van der Waals surface area contributed by atoms with Crippen LogP contribution in [0.25, 0.3) is 66.2 Å². The van der Waals surface area contributed by atoms with E-state index in [1.54, 1.807) is 0 Å². The maximum atomic E-state index is 5.27. The van der Waals surface area contributed by atoms with E-state index in [1.807, 2.05) is 36.4 Å². The molecule has 262 valence electrons. The minimum atomic E-state index is -0.316. The second-order valence-corrected chi connectivity index (χ2v) is 16.0. The van der Waals surface area contributed by atoms with Crippen molar-refractivity contribution in [3.63, 3.8) is 0 Å². The van der Waals surface area contributed by atoms with Gasteiger partial charge < -0.3 is 0 Å². The van der Waals surface area contributed by atoms with Gasteiger partial charge >= 0.3 is 0 Å². The van der Waals surface area contributed by atoms with Gasteiger partial charge in [0, 0.05) is 22.0 Å². The summed E-state index contributed by atoms with van der Waals surface area (Å²) >= 11 is 0. The first-order chi connectivity index (χ1) is 26.8. The molecule has 4 nitrogen and oxygen atoms in total. The van der Waals surface area contributed by atoms with Gasteiger partial charge in [-0.1, -0.05) is 161 Å². The van der Waals surface area contributed by atoms with E-state index in [9.17, 15) is 0 Å². The number of benzene rings is 8. The molecule has 8 aromatic carbocycles. The van der Waals surface area contributed by atoms with Crippen LogP contribution in [0.4, 0.5) is 17.3 Å². The highest BCUT2D eigenvalue weighted by molar-refractivity contribution is 6.26. The Hall–Kier alpha value is -6.65. The van der Waals surface area contributed by atoms with Crippen LogP contribution in [0.5, 0.6) is 0 Å². The number of rotatable bonds is 3. The average molecular weight is 707 g/mol. The molecule has 0 fully saturated rings. The highest BCUT2D eigenvalue weighted by atomic mass is 15.3. The van der Waals surface area contributed by atoms with Crippen LogP contribution < -0.4 is 4.90 Å². The predicted octanol–water partition coefficient (Wildman–Crippen LogP) is 13.1. The maximum absolute atomic E-state index is 5.27. The second-order valence-electron chi connectivity index (χ2n) is 16.0. The fourth-order valence-corrected chi connectivity index (χ4v) is 9.68. The van der Waals surface area contributed by atoms with E-state index < -0.39 is 0 Å². The Morgan fingerprint density at radius 1 is 0.382 bits per heavy atom. The number of hydrogen-bond acceptors (Lipinski definition) is 4. The molecule has 0 radical (unpaired) electrons. The number of fused-ring (bicyclic) bond motifs is 12. The summed E-state index contributed by atoms with van der Waals surface area (Å²) in [6.07, 6.45) is 0. The lowest BCUT2D eigenvalue weighted by Gasteiger charge is -2.44. The van der Waals surface area contributed by atoms with Crippen LogP contribution in [-0.2, 0) is 10.8 Å². The van der Waals surface area contributed by atoms with E-state index in [4.69, 9.17) is 15.0 Å². The molecule has 0 amide bonds. The summed E-state index contributed by atoms with van der Waals surface area (Å²) in [5, 5.41) is 7.79. The Balaban J connectivity index is 1.20. The molecule has 0 bridgehead atoms. The Kier molecular flexibility index (Phi) is 6.61. The van der Waals surface area contributed by atoms with Gasteiger partial charge in [0.1, 0.15) is 0 Å². The first-order valence-corrected chi connectivity index (χ1v) is 19.1. The monoisotopic (exact) mass is 706 g/mol. The molecular weight excluding hydrogens is 669 g/mol. The molecule has 0 unspecified atom stereocenters. The third kappa shape index (κ3) is 4.49. The van der Waals surface area contributed by atoms with E-state index in [2.05, 4.69) is 154 Å². The van der Waals surface area contributed by atoms with Gasteiger partial charge in [0.25, 0.3) is 0 Å². The molecule has 1 aliphatic carbocycles. The zero-order valence-corrected chi connectivity index (χ0v) is 31.3. The fourth-order valence-electron chi connectivity index (χ4n) is 9.68. The highest BCUT2D eigenvalue weighted by Crippen LogP contribution is 2.60. The molecule has 4 heteroatoms. The van der Waals surface area contributed by atoms with Gasteiger partial charge in [-0.05, 0) is 90.0 Å². The minimum Gasteiger partial charge on any atom is -0.278 e. The summed E-state index contributed by atoms with van der Waals surface area (Å²) in [5.41, 5.74) is 11.4. The van der Waals surface area contributed by atoms with Crippen LogP contribution in [-0.4, -0.2) is 15.0 Å². The molecule has 11 rings (SSSR count). The van der Waals surface area contributed by atoms with Gasteiger partial charge in [-0.3, -0.25) is 4.90 Å². The molecule has 1 aromatic heterocycles. The van der Waals surface area contributed by atoms with Crippen LogP contribution in [0.1, 0.15) is 49.9 Å². The fraction of sp³-hybridized carbons (Fsp3) is 0.118. The van der Waals surface area contributed by atoms with Crippen molar-refractivity contribution >= 4 is 49.6 Å². The van der Waals surface area contributed by atoms with Crippen molar-refractivity contribution < 1.29 is 0 Å². The normalized spacial score (nSPS) is 14.8. The lowest BCUT2D eigenvalue weighted by atomic mass is 9.67. The van der Waals surface area contributed by atoms with E-state index >= 15 is 0 Å². The second kappa shape index (κ2) is 11.4. The van der Waals surface area contributed by atoms with Crippen molar-refractivity contribution in [2.45, 2.75) is 38.5 Å². The lowest BCUT2D eigenvalue weighted by molar-refractivity contribution is 0.583. The van der Waals surface area contributed by atoms with E-state index in [0.29, 0.717) is 17.6 Å². The summed E-state index contributed by atoms with van der Waals surface area (Å²) in [4.78, 5) is 17.9. The first-order valence-electron chi connectivity index (χ1n) is 19.1. The molecule has 0 N–H and O–H groups in total. The number of hydrogen-bond donors (Lipinski definition) is 0. The van der Waals surface area contributed by atoms with Crippen LogP contribution >= 0.6 is 0 Å². The van der Waals surface area contributed by atoms with Gasteiger partial charge in [0.15, 0.2) is 11.6 Å². The summed E-state index contributed by atoms with van der Waals surface area (Å²) in [6.45, 7) is 9.60. The van der Waals surface area contributed by atoms with Gasteiger partial charge in [0.2, 0.25) is 5.95 Å². The Morgan fingerprint density at radius 3 is 1.47 bits per heavy atom. The van der Waals surface area contributed by atoms with Crippen molar-refractivity contribution in [3.05, 3.63) is 180 Å². The Labute approximate surface area is 320 Å². The number of nitrogens with zero attached hydrogens (tertiary/aromatic N) is 4. The maximum Gasteiger partial charge on any atom is 0.238 e. The molecule has 0 saturated carbocycles. The van der Waals surface area contributed by atoms with Gasteiger partial charge in [-0.15, -0.1) is 0 Å². The van der Waals surface area contributed by atoms with Crippen molar-refractivity contribution in [3.8, 4) is 33.9 Å². The first kappa shape index (κ1) is 31.8. The Morgan fingerprint density at radius 2 is 0.873 bits per heavy atom. The van der Waals surface area contributed by atoms with Gasteiger partial charge in [-0.2, -0.15) is 9.97 Å². The van der Waals surface area contributed by atoms with Crippen molar-refractivity contribution in [1.29, 1.82) is 0 Å². The van der Waals surface area contributed by atoms with Gasteiger partial charge in [0.05, 0.1) is 11.4 Å². The van der Waals surface area contributed by atoms with Gasteiger partial charge in [-0.25, -0.2) is 4.98 Å². The van der Waals surface area contributed by atoms with Crippen molar-refractivity contribution in [2.75, 3.05) is 4.90 Å².